The second-order valence-corrected chi connectivity index (χ2v) is 5.80. The summed E-state index contributed by atoms with van der Waals surface area (Å²) in [5, 5.41) is 19.2. The summed E-state index contributed by atoms with van der Waals surface area (Å²) >= 11 is 0. The van der Waals surface area contributed by atoms with Crippen LogP contribution in [0, 0.1) is 5.92 Å². The lowest BCUT2D eigenvalue weighted by Crippen LogP contribution is -2.43. The van der Waals surface area contributed by atoms with E-state index < -0.39 is 0 Å². The fourth-order valence-corrected chi connectivity index (χ4v) is 2.96. The molecule has 1 aliphatic rings. The molecule has 1 aliphatic heterocycles. The molecule has 116 valence electrons. The zero-order valence-corrected chi connectivity index (χ0v) is 12.4. The van der Waals surface area contributed by atoms with E-state index in [1.165, 1.54) is 18.2 Å². The molecule has 0 bridgehead atoms. The summed E-state index contributed by atoms with van der Waals surface area (Å²) in [5.74, 6) is -0.0124. The van der Waals surface area contributed by atoms with Crippen molar-refractivity contribution in [3.8, 4) is 11.5 Å². The van der Waals surface area contributed by atoms with Crippen molar-refractivity contribution in [2.45, 2.75) is 19.4 Å². The fourth-order valence-electron chi connectivity index (χ4n) is 2.96. The number of carbonyl (C=O) groups excluding carboxylic acids is 1. The minimum Gasteiger partial charge on any atom is -0.508 e. The van der Waals surface area contributed by atoms with Gasteiger partial charge in [-0.05, 0) is 24.5 Å². The summed E-state index contributed by atoms with van der Waals surface area (Å²) in [5.41, 5.74) is 0.219. The first kappa shape index (κ1) is 14.4. The number of phenolic OH excluding ortho intramolecular Hbond substituents is 2. The molecule has 0 aliphatic carbocycles. The molecule has 2 N–H and O–H groups in total. The van der Waals surface area contributed by atoms with Crippen LogP contribution in [0.25, 0.3) is 0 Å². The molecule has 22 heavy (non-hydrogen) atoms. The van der Waals surface area contributed by atoms with Crippen molar-refractivity contribution in [1.29, 1.82) is 0 Å². The number of imidazole rings is 1. The molecular weight excluding hydrogens is 282 g/mol. The molecule has 6 heteroatoms. The van der Waals surface area contributed by atoms with Crippen LogP contribution in [0.3, 0.4) is 0 Å². The third-order valence-electron chi connectivity index (χ3n) is 4.33. The average Bonchev–Trinajstić information content (AvgIpc) is 3.01. The quantitative estimate of drug-likeness (QED) is 0.889. The van der Waals surface area contributed by atoms with Gasteiger partial charge in [-0.15, -0.1) is 0 Å². The Morgan fingerprint density at radius 3 is 2.86 bits per heavy atom. The average molecular weight is 301 g/mol. The minimum atomic E-state index is -0.213. The summed E-state index contributed by atoms with van der Waals surface area (Å²) in [7, 11) is 0. The van der Waals surface area contributed by atoms with E-state index in [1.54, 1.807) is 17.4 Å². The number of aromatic hydroxyl groups is 2. The molecule has 1 fully saturated rings. The Balaban J connectivity index is 1.81. The molecule has 1 saturated heterocycles. The van der Waals surface area contributed by atoms with Gasteiger partial charge < -0.3 is 19.7 Å². The number of amides is 1. The molecule has 1 aromatic carbocycles. The lowest BCUT2D eigenvalue weighted by atomic mass is 9.92. The van der Waals surface area contributed by atoms with E-state index in [0.29, 0.717) is 19.0 Å². The van der Waals surface area contributed by atoms with Gasteiger partial charge in [0.15, 0.2) is 0 Å². The summed E-state index contributed by atoms with van der Waals surface area (Å²) < 4.78 is 2.03. The molecule has 6 nitrogen and oxygen atoms in total. The monoisotopic (exact) mass is 301 g/mol. The number of piperidine rings is 1. The van der Waals surface area contributed by atoms with Crippen molar-refractivity contribution in [3.05, 3.63) is 42.5 Å². The van der Waals surface area contributed by atoms with Crippen molar-refractivity contribution in [2.24, 2.45) is 5.92 Å². The number of hydrogen-bond donors (Lipinski definition) is 2. The molecular formula is C16H19N3O3. The highest BCUT2D eigenvalue weighted by Crippen LogP contribution is 2.30. The van der Waals surface area contributed by atoms with Gasteiger partial charge in [0, 0.05) is 31.5 Å². The maximum absolute atomic E-state index is 12.6. The van der Waals surface area contributed by atoms with Gasteiger partial charge >= 0.3 is 0 Å². The van der Waals surface area contributed by atoms with Crippen molar-refractivity contribution in [3.63, 3.8) is 0 Å². The van der Waals surface area contributed by atoms with Crippen molar-refractivity contribution in [2.75, 3.05) is 13.1 Å². The number of nitrogens with zero attached hydrogens (tertiary/aromatic N) is 3. The van der Waals surface area contributed by atoms with Crippen molar-refractivity contribution >= 4 is 5.91 Å². The third kappa shape index (κ3) is 2.64. The first-order valence-electron chi connectivity index (χ1n) is 7.35. The van der Waals surface area contributed by atoms with E-state index in [1.807, 2.05) is 10.8 Å². The number of carbonyl (C=O) groups is 1. The number of aromatic nitrogens is 2. The minimum absolute atomic E-state index is 0.0578. The largest absolute Gasteiger partial charge is 0.508 e. The van der Waals surface area contributed by atoms with Gasteiger partial charge in [0.25, 0.3) is 5.91 Å². The van der Waals surface area contributed by atoms with E-state index in [9.17, 15) is 15.0 Å². The topological polar surface area (TPSA) is 78.6 Å². The molecule has 0 radical (unpaired) electrons. The van der Waals surface area contributed by atoms with Gasteiger partial charge in [-0.2, -0.15) is 0 Å². The van der Waals surface area contributed by atoms with Crippen LogP contribution in [0.1, 0.15) is 29.7 Å². The van der Waals surface area contributed by atoms with Crippen molar-refractivity contribution in [1.82, 2.24) is 14.5 Å². The SMILES string of the molecule is C[C@H]1CCN(C(=O)c2ccc(O)cc2O)C[C@H]1n1ccnc1. The predicted molar refractivity (Wildman–Crippen MR) is 80.7 cm³/mol. The van der Waals surface area contributed by atoms with Crippen LogP contribution in [0.5, 0.6) is 11.5 Å². The predicted octanol–water partition coefficient (Wildman–Crippen LogP) is 2.02. The number of benzene rings is 1. The number of hydrogen-bond acceptors (Lipinski definition) is 4. The second kappa shape index (κ2) is 5.71. The molecule has 0 saturated carbocycles. The van der Waals surface area contributed by atoms with Gasteiger partial charge in [-0.25, -0.2) is 4.98 Å². The van der Waals surface area contributed by atoms with E-state index in [0.717, 1.165) is 6.42 Å². The summed E-state index contributed by atoms with van der Waals surface area (Å²) in [4.78, 5) is 18.4. The lowest BCUT2D eigenvalue weighted by Gasteiger charge is -2.37. The summed E-state index contributed by atoms with van der Waals surface area (Å²) in [6, 6.07) is 4.23. The Morgan fingerprint density at radius 2 is 2.18 bits per heavy atom. The maximum atomic E-state index is 12.6. The highest BCUT2D eigenvalue weighted by molar-refractivity contribution is 5.97. The highest BCUT2D eigenvalue weighted by Gasteiger charge is 2.31. The number of likely N-dealkylation sites (tertiary alicyclic amines) is 1. The Morgan fingerprint density at radius 1 is 1.36 bits per heavy atom. The maximum Gasteiger partial charge on any atom is 0.257 e. The van der Waals surface area contributed by atoms with Gasteiger partial charge in [-0.1, -0.05) is 6.92 Å². The summed E-state index contributed by atoms with van der Waals surface area (Å²) in [6.07, 6.45) is 6.31. The molecule has 3 rings (SSSR count). The normalized spacial score (nSPS) is 21.8. The standard InChI is InChI=1S/C16H19N3O3/c1-11-4-6-18(9-14(11)19-7-5-17-10-19)16(22)13-3-2-12(20)8-15(13)21/h2-3,5,7-8,10-11,14,20-21H,4,6,9H2,1H3/t11-,14+/m0/s1. The molecule has 2 heterocycles. The van der Waals surface area contributed by atoms with Gasteiger partial charge in [0.1, 0.15) is 11.5 Å². The van der Waals surface area contributed by atoms with Crippen LogP contribution in [0.4, 0.5) is 0 Å². The van der Waals surface area contributed by atoms with E-state index in [-0.39, 0.29) is 29.0 Å². The molecule has 1 amide bonds. The molecule has 1 aromatic heterocycles. The molecule has 2 atom stereocenters. The van der Waals surface area contributed by atoms with Gasteiger partial charge in [0.2, 0.25) is 0 Å². The lowest BCUT2D eigenvalue weighted by molar-refractivity contribution is 0.0618. The van der Waals surface area contributed by atoms with Crippen molar-refractivity contribution < 1.29 is 15.0 Å². The van der Waals surface area contributed by atoms with Crippen LogP contribution in [0.2, 0.25) is 0 Å². The molecule has 2 aromatic rings. The Labute approximate surface area is 128 Å². The Bertz CT molecular complexity index is 669. The first-order chi connectivity index (χ1) is 10.6. The van der Waals surface area contributed by atoms with Crippen LogP contribution in [-0.4, -0.2) is 43.7 Å². The highest BCUT2D eigenvalue weighted by atomic mass is 16.3. The zero-order chi connectivity index (χ0) is 15.7. The Hall–Kier alpha value is -2.50. The van der Waals surface area contributed by atoms with Crippen LogP contribution in [0.15, 0.2) is 36.9 Å². The molecule has 0 spiro atoms. The second-order valence-electron chi connectivity index (χ2n) is 5.80. The number of phenols is 2. The van der Waals surface area contributed by atoms with E-state index in [2.05, 4.69) is 11.9 Å². The zero-order valence-electron chi connectivity index (χ0n) is 12.4. The smallest absolute Gasteiger partial charge is 0.257 e. The van der Waals surface area contributed by atoms with E-state index in [4.69, 9.17) is 0 Å². The Kier molecular flexibility index (Phi) is 3.75. The van der Waals surface area contributed by atoms with Crippen LogP contribution in [-0.2, 0) is 0 Å². The van der Waals surface area contributed by atoms with Crippen LogP contribution < -0.4 is 0 Å². The van der Waals surface area contributed by atoms with Gasteiger partial charge in [-0.3, -0.25) is 4.79 Å². The molecule has 0 unspecified atom stereocenters. The van der Waals surface area contributed by atoms with Gasteiger partial charge in [0.05, 0.1) is 17.9 Å². The first-order valence-corrected chi connectivity index (χ1v) is 7.35. The van der Waals surface area contributed by atoms with E-state index >= 15 is 0 Å². The number of rotatable bonds is 2. The van der Waals surface area contributed by atoms with Crippen LogP contribution >= 0.6 is 0 Å². The third-order valence-corrected chi connectivity index (χ3v) is 4.33. The summed E-state index contributed by atoms with van der Waals surface area (Å²) in [6.45, 7) is 3.41. The fraction of sp³-hybridized carbons (Fsp3) is 0.375.